The summed E-state index contributed by atoms with van der Waals surface area (Å²) in [5.41, 5.74) is 6.28. The molecule has 1 rings (SSSR count). The van der Waals surface area contributed by atoms with Crippen molar-refractivity contribution in [1.82, 2.24) is 0 Å². The van der Waals surface area contributed by atoms with Gasteiger partial charge in [0.05, 0.1) is 12.2 Å². The zero-order valence-corrected chi connectivity index (χ0v) is 10.2. The van der Waals surface area contributed by atoms with E-state index in [1.54, 1.807) is 6.92 Å². The monoisotopic (exact) mass is 238 g/mol. The zero-order chi connectivity index (χ0) is 12.8. The van der Waals surface area contributed by atoms with Crippen LogP contribution in [-0.4, -0.2) is 12.5 Å². The molecule has 0 atom stereocenters. The van der Waals surface area contributed by atoms with Crippen molar-refractivity contribution >= 4 is 11.8 Å². The molecule has 0 amide bonds. The van der Waals surface area contributed by atoms with Gasteiger partial charge in [0.15, 0.2) is 0 Å². The fraction of sp³-hybridized carbons (Fsp3) is 0.500. The molecule has 0 saturated heterocycles. The SMILES string of the molecule is CCCCc1cc(=O)oc(N)c1C(=N)OCC. The fourth-order valence-electron chi connectivity index (χ4n) is 1.60. The van der Waals surface area contributed by atoms with E-state index < -0.39 is 5.63 Å². The summed E-state index contributed by atoms with van der Waals surface area (Å²) in [5, 5.41) is 7.75. The number of hydrogen-bond donors (Lipinski definition) is 2. The minimum Gasteiger partial charge on any atom is -0.478 e. The Morgan fingerprint density at radius 3 is 2.82 bits per heavy atom. The molecule has 3 N–H and O–H groups in total. The van der Waals surface area contributed by atoms with E-state index in [1.807, 2.05) is 0 Å². The number of rotatable bonds is 5. The van der Waals surface area contributed by atoms with Crippen molar-refractivity contribution in [3.8, 4) is 0 Å². The summed E-state index contributed by atoms with van der Waals surface area (Å²) in [5.74, 6) is -0.0816. The minimum absolute atomic E-state index is 0.0398. The van der Waals surface area contributed by atoms with Crippen LogP contribution >= 0.6 is 0 Å². The van der Waals surface area contributed by atoms with Crippen LogP contribution in [0.3, 0.4) is 0 Å². The van der Waals surface area contributed by atoms with Gasteiger partial charge < -0.3 is 14.9 Å². The van der Waals surface area contributed by atoms with Gasteiger partial charge in [-0.05, 0) is 25.3 Å². The van der Waals surface area contributed by atoms with Gasteiger partial charge in [0.1, 0.15) is 0 Å². The first-order valence-electron chi connectivity index (χ1n) is 5.74. The van der Waals surface area contributed by atoms with Crippen molar-refractivity contribution in [1.29, 1.82) is 5.41 Å². The van der Waals surface area contributed by atoms with Crippen LogP contribution in [0.4, 0.5) is 5.88 Å². The van der Waals surface area contributed by atoms with Gasteiger partial charge >= 0.3 is 5.63 Å². The zero-order valence-electron chi connectivity index (χ0n) is 10.2. The molecule has 1 aromatic heterocycles. The maximum Gasteiger partial charge on any atom is 0.337 e. The lowest BCUT2D eigenvalue weighted by Crippen LogP contribution is -2.15. The lowest BCUT2D eigenvalue weighted by Gasteiger charge is -2.11. The van der Waals surface area contributed by atoms with E-state index in [0.717, 1.165) is 18.4 Å². The van der Waals surface area contributed by atoms with Crippen LogP contribution in [0.2, 0.25) is 0 Å². The lowest BCUT2D eigenvalue weighted by molar-refractivity contribution is 0.324. The Bertz CT molecular complexity index is 452. The second kappa shape index (κ2) is 6.08. The van der Waals surface area contributed by atoms with Crippen molar-refractivity contribution in [2.45, 2.75) is 33.1 Å². The van der Waals surface area contributed by atoms with Crippen LogP contribution in [-0.2, 0) is 11.2 Å². The molecular formula is C12H18N2O3. The average Bonchev–Trinajstić information content (AvgIpc) is 2.25. The van der Waals surface area contributed by atoms with Crippen LogP contribution < -0.4 is 11.4 Å². The van der Waals surface area contributed by atoms with E-state index in [9.17, 15) is 4.79 Å². The van der Waals surface area contributed by atoms with Gasteiger partial charge in [-0.3, -0.25) is 5.41 Å². The number of aryl methyl sites for hydroxylation is 1. The number of ether oxygens (including phenoxy) is 1. The van der Waals surface area contributed by atoms with Gasteiger partial charge in [0, 0.05) is 6.07 Å². The molecule has 5 nitrogen and oxygen atoms in total. The third-order valence-electron chi connectivity index (χ3n) is 2.39. The summed E-state index contributed by atoms with van der Waals surface area (Å²) in [6, 6.07) is 1.38. The van der Waals surface area contributed by atoms with E-state index >= 15 is 0 Å². The summed E-state index contributed by atoms with van der Waals surface area (Å²) in [6.45, 7) is 4.22. The number of anilines is 1. The molecule has 0 aliphatic carbocycles. The molecule has 0 aliphatic rings. The average molecular weight is 238 g/mol. The third-order valence-corrected chi connectivity index (χ3v) is 2.39. The highest BCUT2D eigenvalue weighted by Crippen LogP contribution is 2.18. The Kier molecular flexibility index (Phi) is 4.75. The Morgan fingerprint density at radius 1 is 1.53 bits per heavy atom. The fourth-order valence-corrected chi connectivity index (χ4v) is 1.60. The van der Waals surface area contributed by atoms with Crippen LogP contribution in [0.5, 0.6) is 0 Å². The molecule has 0 bridgehead atoms. The van der Waals surface area contributed by atoms with Gasteiger partial charge in [0.25, 0.3) is 0 Å². The molecule has 0 aliphatic heterocycles. The Balaban J connectivity index is 3.15. The summed E-state index contributed by atoms with van der Waals surface area (Å²) in [7, 11) is 0. The van der Waals surface area contributed by atoms with Gasteiger partial charge in [-0.25, -0.2) is 4.79 Å². The van der Waals surface area contributed by atoms with Crippen molar-refractivity contribution in [2.24, 2.45) is 0 Å². The molecule has 94 valence electrons. The number of nitrogens with one attached hydrogen (secondary N) is 1. The van der Waals surface area contributed by atoms with Crippen molar-refractivity contribution in [3.63, 3.8) is 0 Å². The van der Waals surface area contributed by atoms with Crippen molar-refractivity contribution in [2.75, 3.05) is 12.3 Å². The number of hydrogen-bond acceptors (Lipinski definition) is 5. The highest BCUT2D eigenvalue weighted by molar-refractivity contribution is 5.97. The molecule has 0 spiro atoms. The highest BCUT2D eigenvalue weighted by atomic mass is 16.5. The standard InChI is InChI=1S/C12H18N2O3/c1-3-5-6-8-7-9(15)17-12(14)10(8)11(13)16-4-2/h7,13H,3-6,14H2,1-2H3. The molecule has 0 radical (unpaired) electrons. The quantitative estimate of drug-likeness (QED) is 0.605. The topological polar surface area (TPSA) is 89.3 Å². The van der Waals surface area contributed by atoms with Crippen molar-refractivity contribution in [3.05, 3.63) is 27.6 Å². The molecule has 0 saturated carbocycles. The smallest absolute Gasteiger partial charge is 0.337 e. The normalized spacial score (nSPS) is 10.2. The predicted molar refractivity (Wildman–Crippen MR) is 66.5 cm³/mol. The Hall–Kier alpha value is -1.78. The van der Waals surface area contributed by atoms with E-state index in [1.165, 1.54) is 6.07 Å². The summed E-state index contributed by atoms with van der Waals surface area (Å²) in [6.07, 6.45) is 2.62. The maximum atomic E-state index is 11.2. The van der Waals surface area contributed by atoms with E-state index in [4.69, 9.17) is 20.3 Å². The summed E-state index contributed by atoms with van der Waals surface area (Å²) in [4.78, 5) is 11.2. The number of nitrogen functional groups attached to an aromatic ring is 1. The van der Waals surface area contributed by atoms with Gasteiger partial charge in [0.2, 0.25) is 11.8 Å². The molecule has 1 aromatic rings. The second-order valence-corrected chi connectivity index (χ2v) is 3.70. The lowest BCUT2D eigenvalue weighted by atomic mass is 10.0. The summed E-state index contributed by atoms with van der Waals surface area (Å²) < 4.78 is 9.91. The first kappa shape index (κ1) is 13.3. The maximum absolute atomic E-state index is 11.2. The minimum atomic E-state index is -0.485. The number of nitrogens with two attached hydrogens (primary N) is 1. The third kappa shape index (κ3) is 3.34. The Labute approximate surface area is 100 Å². The van der Waals surface area contributed by atoms with Gasteiger partial charge in [-0.15, -0.1) is 0 Å². The second-order valence-electron chi connectivity index (χ2n) is 3.70. The predicted octanol–water partition coefficient (Wildman–Crippen LogP) is 1.93. The van der Waals surface area contributed by atoms with Crippen LogP contribution in [0.1, 0.15) is 37.8 Å². The van der Waals surface area contributed by atoms with Gasteiger partial charge in [-0.1, -0.05) is 13.3 Å². The molecule has 0 aromatic carbocycles. The molecule has 5 heteroatoms. The summed E-state index contributed by atoms with van der Waals surface area (Å²) >= 11 is 0. The molecular weight excluding hydrogens is 220 g/mol. The molecule has 0 fully saturated rings. The van der Waals surface area contributed by atoms with Gasteiger partial charge in [-0.2, -0.15) is 0 Å². The first-order valence-corrected chi connectivity index (χ1v) is 5.74. The highest BCUT2D eigenvalue weighted by Gasteiger charge is 2.16. The van der Waals surface area contributed by atoms with E-state index in [-0.39, 0.29) is 11.8 Å². The Morgan fingerprint density at radius 2 is 2.24 bits per heavy atom. The van der Waals surface area contributed by atoms with Crippen molar-refractivity contribution < 1.29 is 9.15 Å². The number of unbranched alkanes of at least 4 members (excludes halogenated alkanes) is 1. The van der Waals surface area contributed by atoms with Crippen LogP contribution in [0, 0.1) is 5.41 Å². The molecule has 17 heavy (non-hydrogen) atoms. The van der Waals surface area contributed by atoms with Crippen LogP contribution in [0.15, 0.2) is 15.3 Å². The molecule has 0 unspecified atom stereocenters. The van der Waals surface area contributed by atoms with E-state index in [0.29, 0.717) is 18.6 Å². The van der Waals surface area contributed by atoms with Crippen LogP contribution in [0.25, 0.3) is 0 Å². The van der Waals surface area contributed by atoms with E-state index in [2.05, 4.69) is 6.92 Å². The molecule has 1 heterocycles. The largest absolute Gasteiger partial charge is 0.478 e. The first-order chi connectivity index (χ1) is 8.10.